The van der Waals surface area contributed by atoms with Crippen LogP contribution in [-0.4, -0.2) is 54.3 Å². The normalized spacial score (nSPS) is 33.0. The Labute approximate surface area is 137 Å². The number of hydrogen-bond donors (Lipinski definition) is 4. The molecule has 8 heteroatoms. The van der Waals surface area contributed by atoms with E-state index in [1.54, 1.807) is 10.8 Å². The number of rotatable bonds is 3. The van der Waals surface area contributed by atoms with Crippen molar-refractivity contribution in [3.05, 3.63) is 18.1 Å². The Kier molecular flexibility index (Phi) is 3.30. The average Bonchev–Trinajstić information content (AvgIpc) is 3.31. The maximum Gasteiger partial charge on any atom is 0.199 e. The van der Waals surface area contributed by atoms with Crippen LogP contribution in [-0.2, 0) is 4.74 Å². The van der Waals surface area contributed by atoms with Crippen molar-refractivity contribution in [1.82, 2.24) is 14.5 Å². The number of nitrogens with zero attached hydrogens (tertiary/aromatic N) is 3. The molecular weight excluding hydrogens is 312 g/mol. The highest BCUT2D eigenvalue weighted by atomic mass is 16.6. The molecule has 2 aliphatic rings. The summed E-state index contributed by atoms with van der Waals surface area (Å²) in [5.41, 5.74) is 5.49. The molecule has 0 spiro atoms. The summed E-state index contributed by atoms with van der Waals surface area (Å²) in [5.74, 6) is 2.92. The number of terminal acetylenes is 1. The quantitative estimate of drug-likeness (QED) is 0.559. The van der Waals surface area contributed by atoms with E-state index in [4.69, 9.17) is 16.9 Å². The van der Waals surface area contributed by atoms with Gasteiger partial charge < -0.3 is 30.4 Å². The molecular formula is C16H18N4O4. The number of aliphatic hydroxyl groups is 3. The number of aromatic nitrogens is 3. The molecule has 0 amide bonds. The Hall–Kier alpha value is -2.18. The van der Waals surface area contributed by atoms with E-state index < -0.39 is 30.6 Å². The van der Waals surface area contributed by atoms with Gasteiger partial charge in [0.1, 0.15) is 30.0 Å². The van der Waals surface area contributed by atoms with Gasteiger partial charge in [0, 0.05) is 6.20 Å². The van der Waals surface area contributed by atoms with E-state index in [9.17, 15) is 15.3 Å². The van der Waals surface area contributed by atoms with Crippen LogP contribution in [0.15, 0.2) is 12.5 Å². The Bertz CT molecular complexity index is 840. The second-order valence-corrected chi connectivity index (χ2v) is 6.35. The summed E-state index contributed by atoms with van der Waals surface area (Å²) in [4.78, 5) is 8.30. The second-order valence-electron chi connectivity index (χ2n) is 6.35. The molecule has 4 atom stereocenters. The number of fused-ring (bicyclic) bond motifs is 1. The predicted octanol–water partition coefficient (Wildman–Crippen LogP) is -0.494. The summed E-state index contributed by atoms with van der Waals surface area (Å²) in [6, 6.07) is 0. The molecule has 2 fully saturated rings. The van der Waals surface area contributed by atoms with Crippen LogP contribution in [0.5, 0.6) is 0 Å². The van der Waals surface area contributed by atoms with Crippen LogP contribution in [0.1, 0.15) is 30.6 Å². The van der Waals surface area contributed by atoms with E-state index in [-0.39, 0.29) is 0 Å². The van der Waals surface area contributed by atoms with Crippen LogP contribution in [0.4, 0.5) is 5.82 Å². The van der Waals surface area contributed by atoms with E-state index in [0.717, 1.165) is 18.4 Å². The molecule has 5 N–H and O–H groups in total. The van der Waals surface area contributed by atoms with Gasteiger partial charge in [0.2, 0.25) is 0 Å². The lowest BCUT2D eigenvalue weighted by atomic mass is 9.95. The van der Waals surface area contributed by atoms with Crippen LogP contribution in [0.2, 0.25) is 0 Å². The van der Waals surface area contributed by atoms with E-state index in [0.29, 0.717) is 22.8 Å². The van der Waals surface area contributed by atoms with Gasteiger partial charge in [-0.15, -0.1) is 6.42 Å². The van der Waals surface area contributed by atoms with Crippen molar-refractivity contribution in [2.24, 2.45) is 0 Å². The maximum atomic E-state index is 10.8. The minimum absolute atomic E-state index is 0.349. The van der Waals surface area contributed by atoms with Crippen molar-refractivity contribution in [1.29, 1.82) is 0 Å². The van der Waals surface area contributed by atoms with Crippen molar-refractivity contribution in [2.75, 3.05) is 12.3 Å². The second kappa shape index (κ2) is 5.16. The lowest BCUT2D eigenvalue weighted by molar-refractivity contribution is -0.0718. The predicted molar refractivity (Wildman–Crippen MR) is 84.7 cm³/mol. The average molecular weight is 330 g/mol. The zero-order valence-corrected chi connectivity index (χ0v) is 12.8. The van der Waals surface area contributed by atoms with E-state index in [1.807, 2.05) is 0 Å². The van der Waals surface area contributed by atoms with Gasteiger partial charge in [-0.25, -0.2) is 9.97 Å². The number of nitrogens with two attached hydrogens (primary N) is 1. The molecule has 4 rings (SSSR count). The monoisotopic (exact) mass is 330 g/mol. The first kappa shape index (κ1) is 15.4. The zero-order valence-electron chi connectivity index (χ0n) is 12.8. The fourth-order valence-corrected chi connectivity index (χ4v) is 3.37. The van der Waals surface area contributed by atoms with E-state index in [1.165, 1.54) is 6.33 Å². The highest BCUT2D eigenvalue weighted by Gasteiger charge is 2.56. The lowest BCUT2D eigenvalue weighted by Gasteiger charge is -2.26. The first-order valence-corrected chi connectivity index (χ1v) is 7.76. The largest absolute Gasteiger partial charge is 0.394 e. The third-order valence-electron chi connectivity index (χ3n) is 4.83. The number of hydrogen-bond acceptors (Lipinski definition) is 7. The SMILES string of the molecule is C#CC1(O)C(O)C(CO)OC1n1cc(C2CC2)c2c(N)ncnc21. The molecule has 1 aliphatic carbocycles. The molecule has 1 aliphatic heterocycles. The molecule has 126 valence electrons. The van der Waals surface area contributed by atoms with E-state index >= 15 is 0 Å². The Morgan fingerprint density at radius 1 is 1.46 bits per heavy atom. The number of aliphatic hydroxyl groups excluding tert-OH is 2. The van der Waals surface area contributed by atoms with Gasteiger partial charge in [-0.3, -0.25) is 0 Å². The molecule has 2 aromatic heterocycles. The van der Waals surface area contributed by atoms with Gasteiger partial charge in [-0.1, -0.05) is 5.92 Å². The van der Waals surface area contributed by atoms with Gasteiger partial charge in [-0.05, 0) is 24.3 Å². The van der Waals surface area contributed by atoms with E-state index in [2.05, 4.69) is 15.9 Å². The van der Waals surface area contributed by atoms with Crippen molar-refractivity contribution in [2.45, 2.75) is 42.8 Å². The Morgan fingerprint density at radius 3 is 2.83 bits per heavy atom. The highest BCUT2D eigenvalue weighted by Crippen LogP contribution is 2.47. The summed E-state index contributed by atoms with van der Waals surface area (Å²) < 4.78 is 7.23. The van der Waals surface area contributed by atoms with Crippen LogP contribution in [0, 0.1) is 12.3 Å². The maximum absolute atomic E-state index is 10.8. The van der Waals surface area contributed by atoms with Gasteiger partial charge in [0.25, 0.3) is 0 Å². The molecule has 0 bridgehead atoms. The summed E-state index contributed by atoms with van der Waals surface area (Å²) in [6.45, 7) is -0.465. The van der Waals surface area contributed by atoms with Crippen LogP contribution < -0.4 is 5.73 Å². The Balaban J connectivity index is 1.91. The molecule has 3 heterocycles. The smallest absolute Gasteiger partial charge is 0.199 e. The standard InChI is InChI=1S/C16H18N4O4/c1-2-16(23)12(22)10(6-21)24-15(16)20-5-9(8-3-4-8)11-13(17)18-7-19-14(11)20/h1,5,7-8,10,12,15,21-23H,3-4,6H2,(H2,17,18,19). The lowest BCUT2D eigenvalue weighted by Crippen LogP contribution is -2.45. The minimum atomic E-state index is -1.99. The molecule has 1 saturated heterocycles. The third kappa shape index (κ3) is 1.96. The molecule has 0 radical (unpaired) electrons. The van der Waals surface area contributed by atoms with Crippen LogP contribution >= 0.6 is 0 Å². The number of anilines is 1. The number of ether oxygens (including phenoxy) is 1. The summed E-state index contributed by atoms with van der Waals surface area (Å²) >= 11 is 0. The van der Waals surface area contributed by atoms with Crippen molar-refractivity contribution >= 4 is 16.9 Å². The number of nitrogen functional groups attached to an aromatic ring is 1. The molecule has 1 saturated carbocycles. The zero-order chi connectivity index (χ0) is 17.1. The summed E-state index contributed by atoms with van der Waals surface area (Å²) in [6.07, 6.45) is 7.18. The van der Waals surface area contributed by atoms with Gasteiger partial charge in [-0.2, -0.15) is 0 Å². The third-order valence-corrected chi connectivity index (χ3v) is 4.83. The fraction of sp³-hybridized carbons (Fsp3) is 0.500. The summed E-state index contributed by atoms with van der Waals surface area (Å²) in [5, 5.41) is 31.1. The Morgan fingerprint density at radius 2 is 2.21 bits per heavy atom. The molecule has 24 heavy (non-hydrogen) atoms. The van der Waals surface area contributed by atoms with Crippen molar-refractivity contribution in [3.8, 4) is 12.3 Å². The highest BCUT2D eigenvalue weighted by molar-refractivity contribution is 5.90. The van der Waals surface area contributed by atoms with Gasteiger partial charge >= 0.3 is 0 Å². The topological polar surface area (TPSA) is 127 Å². The minimum Gasteiger partial charge on any atom is -0.394 e. The van der Waals surface area contributed by atoms with Gasteiger partial charge in [0.15, 0.2) is 11.8 Å². The fourth-order valence-electron chi connectivity index (χ4n) is 3.37. The summed E-state index contributed by atoms with van der Waals surface area (Å²) in [7, 11) is 0. The molecule has 0 aromatic carbocycles. The van der Waals surface area contributed by atoms with Crippen LogP contribution in [0.25, 0.3) is 11.0 Å². The molecule has 2 aromatic rings. The molecule has 8 nitrogen and oxygen atoms in total. The first-order chi connectivity index (χ1) is 11.5. The first-order valence-electron chi connectivity index (χ1n) is 7.76. The van der Waals surface area contributed by atoms with Gasteiger partial charge in [0.05, 0.1) is 12.0 Å². The van der Waals surface area contributed by atoms with Crippen molar-refractivity contribution in [3.63, 3.8) is 0 Å². The molecule has 4 unspecified atom stereocenters. The van der Waals surface area contributed by atoms with Crippen molar-refractivity contribution < 1.29 is 20.1 Å². The van der Waals surface area contributed by atoms with Crippen LogP contribution in [0.3, 0.4) is 0 Å².